The molecule has 1 aromatic carbocycles. The molecule has 1 N–H and O–H groups in total. The van der Waals surface area contributed by atoms with Crippen LogP contribution in [0.4, 0.5) is 5.82 Å². The first-order chi connectivity index (χ1) is 12.5. The van der Waals surface area contributed by atoms with Gasteiger partial charge in [0.25, 0.3) is 5.56 Å². The van der Waals surface area contributed by atoms with Crippen LogP contribution in [0, 0.1) is 0 Å². The van der Waals surface area contributed by atoms with E-state index in [1.165, 1.54) is 24.3 Å². The van der Waals surface area contributed by atoms with Gasteiger partial charge >= 0.3 is 5.69 Å². The first kappa shape index (κ1) is 17.8. The van der Waals surface area contributed by atoms with Gasteiger partial charge in [-0.3, -0.25) is 19.4 Å². The number of aromatic amines is 1. The zero-order valence-corrected chi connectivity index (χ0v) is 15.0. The molecule has 7 nitrogen and oxygen atoms in total. The molecule has 0 amide bonds. The van der Waals surface area contributed by atoms with Gasteiger partial charge in [-0.05, 0) is 23.8 Å². The molecule has 134 valence electrons. The molecule has 8 heteroatoms. The zero-order chi connectivity index (χ0) is 18.7. The summed E-state index contributed by atoms with van der Waals surface area (Å²) < 4.78 is 6.75. The van der Waals surface area contributed by atoms with E-state index >= 15 is 0 Å². The lowest BCUT2D eigenvalue weighted by Gasteiger charge is -2.11. The van der Waals surface area contributed by atoms with Crippen LogP contribution in [0.2, 0.25) is 0 Å². The molecule has 0 aliphatic rings. The third-order valence-corrected chi connectivity index (χ3v) is 4.14. The maximum absolute atomic E-state index is 11.7. The number of anilines is 1. The largest absolute Gasteiger partial charge is 0.455 e. The molecule has 0 saturated heterocycles. The van der Waals surface area contributed by atoms with Crippen LogP contribution in [0.3, 0.4) is 0 Å². The van der Waals surface area contributed by atoms with Crippen LogP contribution in [0.25, 0.3) is 11.3 Å². The molecule has 3 aromatic rings. The lowest BCUT2D eigenvalue weighted by molar-refractivity contribution is 0.574. The maximum Gasteiger partial charge on any atom is 0.329 e. The molecule has 3 rings (SSSR count). The molecular formula is C18H17ClN4O3. The van der Waals surface area contributed by atoms with E-state index < -0.39 is 11.2 Å². The number of halogens is 1. The van der Waals surface area contributed by atoms with Gasteiger partial charge in [0.05, 0.1) is 6.21 Å². The second-order valence-electron chi connectivity index (χ2n) is 5.66. The molecule has 0 aliphatic heterocycles. The average molecular weight is 373 g/mol. The number of hydrazone groups is 1. The number of furan rings is 1. The highest BCUT2D eigenvalue weighted by atomic mass is 35.5. The number of nitrogens with zero attached hydrogens (tertiary/aromatic N) is 3. The van der Waals surface area contributed by atoms with Crippen LogP contribution < -0.4 is 16.3 Å². The fraction of sp³-hybridized carbons (Fsp3) is 0.167. The molecule has 0 radical (unpaired) electrons. The normalized spacial score (nSPS) is 11.2. The van der Waals surface area contributed by atoms with Gasteiger partial charge in [0.15, 0.2) is 0 Å². The van der Waals surface area contributed by atoms with Gasteiger partial charge in [0.2, 0.25) is 0 Å². The Hall–Kier alpha value is -3.06. The first-order valence-corrected chi connectivity index (χ1v) is 8.34. The van der Waals surface area contributed by atoms with Gasteiger partial charge in [-0.25, -0.2) is 4.79 Å². The molecule has 0 saturated carbocycles. The van der Waals surface area contributed by atoms with Crippen LogP contribution >= 0.6 is 11.6 Å². The van der Waals surface area contributed by atoms with Crippen LogP contribution in [0.15, 0.2) is 61.6 Å². The number of benzene rings is 1. The summed E-state index contributed by atoms with van der Waals surface area (Å²) in [6.45, 7) is 0. The fourth-order valence-corrected chi connectivity index (χ4v) is 2.47. The maximum atomic E-state index is 11.7. The summed E-state index contributed by atoms with van der Waals surface area (Å²) in [4.78, 5) is 25.9. The lowest BCUT2D eigenvalue weighted by atomic mass is 10.1. The quantitative estimate of drug-likeness (QED) is 0.424. The molecule has 0 fully saturated rings. The van der Waals surface area contributed by atoms with E-state index in [0.29, 0.717) is 17.4 Å². The summed E-state index contributed by atoms with van der Waals surface area (Å²) in [5.41, 5.74) is 1.01. The summed E-state index contributed by atoms with van der Waals surface area (Å²) in [6, 6.07) is 12.7. The van der Waals surface area contributed by atoms with Gasteiger partial charge in [0.1, 0.15) is 17.3 Å². The van der Waals surface area contributed by atoms with Crippen molar-refractivity contribution in [3.05, 3.63) is 74.6 Å². The molecule has 0 spiro atoms. The van der Waals surface area contributed by atoms with Crippen molar-refractivity contribution in [3.8, 4) is 11.3 Å². The fourth-order valence-electron chi connectivity index (χ4n) is 2.31. The summed E-state index contributed by atoms with van der Waals surface area (Å²) in [5.74, 6) is 1.95. The molecule has 0 bridgehead atoms. The van der Waals surface area contributed by atoms with E-state index in [1.54, 1.807) is 13.1 Å². The Morgan fingerprint density at radius 2 is 2.08 bits per heavy atom. The second-order valence-corrected chi connectivity index (χ2v) is 5.93. The highest BCUT2D eigenvalue weighted by Crippen LogP contribution is 2.23. The average Bonchev–Trinajstić information content (AvgIpc) is 3.13. The monoisotopic (exact) mass is 372 g/mol. The van der Waals surface area contributed by atoms with Crippen molar-refractivity contribution in [1.82, 2.24) is 9.55 Å². The molecule has 0 unspecified atom stereocenters. The molecule has 2 aromatic heterocycles. The Balaban J connectivity index is 1.80. The first-order valence-electron chi connectivity index (χ1n) is 7.81. The zero-order valence-electron chi connectivity index (χ0n) is 14.3. The number of nitrogens with one attached hydrogen (secondary N) is 1. The summed E-state index contributed by atoms with van der Waals surface area (Å²) in [7, 11) is 3.02. The van der Waals surface area contributed by atoms with Crippen molar-refractivity contribution in [3.63, 3.8) is 0 Å². The van der Waals surface area contributed by atoms with Gasteiger partial charge in [-0.1, -0.05) is 18.2 Å². The number of alkyl halides is 1. The Kier molecular flexibility index (Phi) is 5.09. The van der Waals surface area contributed by atoms with Crippen molar-refractivity contribution >= 4 is 23.6 Å². The molecular weight excluding hydrogens is 356 g/mol. The molecule has 26 heavy (non-hydrogen) atoms. The van der Waals surface area contributed by atoms with E-state index in [4.69, 9.17) is 16.0 Å². The van der Waals surface area contributed by atoms with Crippen LogP contribution in [0.5, 0.6) is 0 Å². The topological polar surface area (TPSA) is 83.6 Å². The summed E-state index contributed by atoms with van der Waals surface area (Å²) in [6.07, 6.45) is 1.50. The van der Waals surface area contributed by atoms with E-state index in [0.717, 1.165) is 15.7 Å². The minimum atomic E-state index is -0.506. The Morgan fingerprint density at radius 1 is 1.27 bits per heavy atom. The molecule has 2 heterocycles. The third kappa shape index (κ3) is 3.78. The highest BCUT2D eigenvalue weighted by molar-refractivity contribution is 6.17. The Morgan fingerprint density at radius 3 is 2.81 bits per heavy atom. The Bertz CT molecular complexity index is 1030. The SMILES string of the molecule is CN(/N=C/c1ccc(-c2cccc(CCl)c2)o1)c1cc(=O)n(C)c(=O)[nH]1. The highest BCUT2D eigenvalue weighted by Gasteiger charge is 2.06. The minimum Gasteiger partial charge on any atom is -0.455 e. The predicted octanol–water partition coefficient (Wildman–Crippen LogP) is 2.54. The van der Waals surface area contributed by atoms with E-state index in [1.807, 2.05) is 30.3 Å². The van der Waals surface area contributed by atoms with Gasteiger partial charge in [-0.15, -0.1) is 11.6 Å². The van der Waals surface area contributed by atoms with Crippen LogP contribution in [-0.2, 0) is 12.9 Å². The van der Waals surface area contributed by atoms with Crippen molar-refractivity contribution in [2.24, 2.45) is 12.1 Å². The molecule has 0 aliphatic carbocycles. The minimum absolute atomic E-state index is 0.288. The van der Waals surface area contributed by atoms with Gasteiger partial charge in [-0.2, -0.15) is 5.10 Å². The van der Waals surface area contributed by atoms with E-state index in [2.05, 4.69) is 10.1 Å². The number of hydrogen-bond donors (Lipinski definition) is 1. The van der Waals surface area contributed by atoms with Crippen molar-refractivity contribution in [2.75, 3.05) is 12.1 Å². The second kappa shape index (κ2) is 7.45. The lowest BCUT2D eigenvalue weighted by Crippen LogP contribution is -2.33. The number of aromatic nitrogens is 2. The smallest absolute Gasteiger partial charge is 0.329 e. The van der Waals surface area contributed by atoms with Crippen molar-refractivity contribution < 1.29 is 4.42 Å². The van der Waals surface area contributed by atoms with E-state index in [-0.39, 0.29) is 5.82 Å². The van der Waals surface area contributed by atoms with Crippen molar-refractivity contribution in [2.45, 2.75) is 5.88 Å². The number of rotatable bonds is 5. The van der Waals surface area contributed by atoms with Crippen LogP contribution in [0.1, 0.15) is 11.3 Å². The standard InChI is InChI=1S/C18H17ClN4O3/c1-22-17(24)9-16(21-18(22)25)23(2)20-11-14-6-7-15(26-14)13-5-3-4-12(8-13)10-19/h3-9,11H,10H2,1-2H3,(H,21,25)/b20-11+. The predicted molar refractivity (Wildman–Crippen MR) is 102 cm³/mol. The Labute approximate surface area is 154 Å². The third-order valence-electron chi connectivity index (χ3n) is 3.83. The van der Waals surface area contributed by atoms with Gasteiger partial charge in [0, 0.05) is 31.6 Å². The van der Waals surface area contributed by atoms with Crippen LogP contribution in [-0.4, -0.2) is 22.8 Å². The summed E-state index contributed by atoms with van der Waals surface area (Å²) in [5, 5.41) is 5.58. The van der Waals surface area contributed by atoms with Gasteiger partial charge < -0.3 is 4.42 Å². The van der Waals surface area contributed by atoms with Crippen molar-refractivity contribution in [1.29, 1.82) is 0 Å². The summed E-state index contributed by atoms with van der Waals surface area (Å²) >= 11 is 5.86. The number of H-pyrrole nitrogens is 1. The number of hydrogen-bond acceptors (Lipinski definition) is 5. The molecule has 0 atom stereocenters. The van der Waals surface area contributed by atoms with E-state index in [9.17, 15) is 9.59 Å².